The minimum atomic E-state index is -0.135. The molecule has 2 aromatic rings. The van der Waals surface area contributed by atoms with Crippen LogP contribution in [0.4, 0.5) is 0 Å². The molecule has 0 aliphatic rings. The Kier molecular flexibility index (Phi) is 8.70. The molecule has 6 nitrogen and oxygen atoms in total. The van der Waals surface area contributed by atoms with Gasteiger partial charge in [-0.3, -0.25) is 4.68 Å². The second-order valence-electron chi connectivity index (χ2n) is 8.35. The van der Waals surface area contributed by atoms with Crippen LogP contribution in [-0.4, -0.2) is 34.4 Å². The highest BCUT2D eigenvalue weighted by Gasteiger charge is 2.10. The normalized spacial score (nSPS) is 12.3. The van der Waals surface area contributed by atoms with Gasteiger partial charge in [-0.15, -0.1) is 0 Å². The molecule has 0 saturated carbocycles. The van der Waals surface area contributed by atoms with Crippen LogP contribution in [0.5, 0.6) is 0 Å². The summed E-state index contributed by atoms with van der Waals surface area (Å²) in [6.45, 7) is 16.3. The van der Waals surface area contributed by atoms with Crippen molar-refractivity contribution in [3.63, 3.8) is 0 Å². The van der Waals surface area contributed by atoms with E-state index < -0.39 is 0 Å². The van der Waals surface area contributed by atoms with E-state index in [4.69, 9.17) is 9.73 Å². The largest absolute Gasteiger partial charge is 0.371 e. The van der Waals surface area contributed by atoms with Gasteiger partial charge >= 0.3 is 0 Å². The molecule has 29 heavy (non-hydrogen) atoms. The van der Waals surface area contributed by atoms with E-state index >= 15 is 0 Å². The van der Waals surface area contributed by atoms with Gasteiger partial charge in [0.05, 0.1) is 24.4 Å². The van der Waals surface area contributed by atoms with Crippen molar-refractivity contribution in [2.75, 3.05) is 13.1 Å². The van der Waals surface area contributed by atoms with Gasteiger partial charge in [0.2, 0.25) is 0 Å². The molecule has 1 aromatic carbocycles. The maximum atomic E-state index is 5.88. The highest BCUT2D eigenvalue weighted by atomic mass is 16.5. The monoisotopic (exact) mass is 399 g/mol. The third-order valence-electron chi connectivity index (χ3n) is 4.37. The molecule has 0 spiro atoms. The molecule has 0 amide bonds. The van der Waals surface area contributed by atoms with Crippen molar-refractivity contribution in [2.45, 2.75) is 73.3 Å². The second kappa shape index (κ2) is 11.0. The lowest BCUT2D eigenvalue weighted by molar-refractivity contribution is -0.0149. The van der Waals surface area contributed by atoms with Crippen molar-refractivity contribution in [1.29, 1.82) is 0 Å². The topological polar surface area (TPSA) is 63.5 Å². The summed E-state index contributed by atoms with van der Waals surface area (Å²) in [6.07, 6.45) is 0.992. The van der Waals surface area contributed by atoms with Crippen molar-refractivity contribution in [3.8, 4) is 0 Å². The van der Waals surface area contributed by atoms with Gasteiger partial charge in [0, 0.05) is 25.3 Å². The van der Waals surface area contributed by atoms with E-state index in [2.05, 4.69) is 85.4 Å². The molecule has 0 aliphatic heterocycles. The molecule has 0 atom stereocenters. The fraction of sp³-hybridized carbons (Fsp3) is 0.565. The molecular formula is C23H37N5O. The molecule has 1 heterocycles. The number of hydrogen-bond donors (Lipinski definition) is 2. The van der Waals surface area contributed by atoms with Crippen LogP contribution in [0, 0.1) is 13.8 Å². The van der Waals surface area contributed by atoms with Crippen molar-refractivity contribution >= 4 is 5.96 Å². The van der Waals surface area contributed by atoms with Crippen LogP contribution in [0.3, 0.4) is 0 Å². The minimum absolute atomic E-state index is 0.135. The Hall–Kier alpha value is -2.34. The minimum Gasteiger partial charge on any atom is -0.371 e. The summed E-state index contributed by atoms with van der Waals surface area (Å²) in [5.74, 6) is 0.845. The van der Waals surface area contributed by atoms with E-state index in [-0.39, 0.29) is 5.60 Å². The number of aromatic nitrogens is 2. The number of ether oxygens (including phenoxy) is 1. The van der Waals surface area contributed by atoms with E-state index in [0.29, 0.717) is 13.2 Å². The first-order valence-corrected chi connectivity index (χ1v) is 10.5. The summed E-state index contributed by atoms with van der Waals surface area (Å²) in [5, 5.41) is 11.2. The molecule has 6 heteroatoms. The van der Waals surface area contributed by atoms with E-state index in [1.165, 1.54) is 16.8 Å². The lowest BCUT2D eigenvalue weighted by Crippen LogP contribution is -2.38. The Morgan fingerprint density at radius 2 is 1.90 bits per heavy atom. The SMILES string of the molecule is CCNC(=NCc1cccc(COC(C)(C)C)c1)NCCCn1nc(C)cc1C. The Morgan fingerprint density at radius 1 is 1.14 bits per heavy atom. The molecule has 2 rings (SSSR count). The lowest BCUT2D eigenvalue weighted by atomic mass is 10.1. The number of benzene rings is 1. The first-order valence-electron chi connectivity index (χ1n) is 10.5. The number of nitrogens with zero attached hydrogens (tertiary/aromatic N) is 3. The van der Waals surface area contributed by atoms with Crippen LogP contribution in [0.25, 0.3) is 0 Å². The molecule has 0 bridgehead atoms. The summed E-state index contributed by atoms with van der Waals surface area (Å²) < 4.78 is 7.94. The molecule has 0 radical (unpaired) electrons. The van der Waals surface area contributed by atoms with Gasteiger partial charge in [-0.2, -0.15) is 5.10 Å². The fourth-order valence-corrected chi connectivity index (χ4v) is 2.97. The van der Waals surface area contributed by atoms with Crippen LogP contribution in [0.2, 0.25) is 0 Å². The summed E-state index contributed by atoms with van der Waals surface area (Å²) in [5.41, 5.74) is 4.50. The van der Waals surface area contributed by atoms with Gasteiger partial charge in [-0.05, 0) is 65.2 Å². The zero-order valence-electron chi connectivity index (χ0n) is 18.9. The van der Waals surface area contributed by atoms with Gasteiger partial charge in [0.1, 0.15) is 0 Å². The zero-order chi connectivity index (χ0) is 21.3. The lowest BCUT2D eigenvalue weighted by Gasteiger charge is -2.19. The van der Waals surface area contributed by atoms with Gasteiger partial charge < -0.3 is 15.4 Å². The standard InChI is InChI=1S/C23H37N5O/c1-7-24-22(25-12-9-13-28-19(3)14-18(2)27-28)26-16-20-10-8-11-21(15-20)17-29-23(4,5)6/h8,10-11,14-15H,7,9,12-13,16-17H2,1-6H3,(H2,24,25,26). The second-order valence-corrected chi connectivity index (χ2v) is 8.35. The van der Waals surface area contributed by atoms with Crippen LogP contribution in [-0.2, 0) is 24.4 Å². The third kappa shape index (κ3) is 8.69. The number of aliphatic imine (C=N–C) groups is 1. The summed E-state index contributed by atoms with van der Waals surface area (Å²) in [7, 11) is 0. The average Bonchev–Trinajstić information content (AvgIpc) is 2.98. The number of guanidine groups is 1. The molecule has 0 aliphatic carbocycles. The molecule has 1 aromatic heterocycles. The van der Waals surface area contributed by atoms with Crippen LogP contribution in [0.1, 0.15) is 56.6 Å². The van der Waals surface area contributed by atoms with Crippen LogP contribution < -0.4 is 10.6 Å². The van der Waals surface area contributed by atoms with Crippen molar-refractivity contribution in [3.05, 3.63) is 52.8 Å². The zero-order valence-corrected chi connectivity index (χ0v) is 18.9. The number of hydrogen-bond acceptors (Lipinski definition) is 3. The molecule has 0 fully saturated rings. The van der Waals surface area contributed by atoms with E-state index in [1.54, 1.807) is 0 Å². The Bertz CT molecular complexity index is 789. The van der Waals surface area contributed by atoms with Crippen molar-refractivity contribution in [2.24, 2.45) is 4.99 Å². The summed E-state index contributed by atoms with van der Waals surface area (Å²) in [4.78, 5) is 4.73. The first kappa shape index (κ1) is 22.9. The van der Waals surface area contributed by atoms with Crippen LogP contribution in [0.15, 0.2) is 35.3 Å². The quantitative estimate of drug-likeness (QED) is 0.381. The molecular weight excluding hydrogens is 362 g/mol. The van der Waals surface area contributed by atoms with E-state index in [0.717, 1.165) is 37.7 Å². The smallest absolute Gasteiger partial charge is 0.191 e. The maximum Gasteiger partial charge on any atom is 0.191 e. The Balaban J connectivity index is 1.85. The van der Waals surface area contributed by atoms with E-state index in [1.807, 2.05) is 6.92 Å². The summed E-state index contributed by atoms with van der Waals surface area (Å²) >= 11 is 0. The Morgan fingerprint density at radius 3 is 2.55 bits per heavy atom. The average molecular weight is 400 g/mol. The number of aryl methyl sites for hydroxylation is 3. The van der Waals surface area contributed by atoms with Gasteiger partial charge in [0.15, 0.2) is 5.96 Å². The Labute approximate surface area is 175 Å². The predicted octanol–water partition coefficient (Wildman–Crippen LogP) is 3.96. The van der Waals surface area contributed by atoms with Crippen molar-refractivity contribution in [1.82, 2.24) is 20.4 Å². The van der Waals surface area contributed by atoms with Gasteiger partial charge in [0.25, 0.3) is 0 Å². The summed E-state index contributed by atoms with van der Waals surface area (Å²) in [6, 6.07) is 10.6. The van der Waals surface area contributed by atoms with Gasteiger partial charge in [-0.25, -0.2) is 4.99 Å². The molecule has 0 unspecified atom stereocenters. The highest BCUT2D eigenvalue weighted by molar-refractivity contribution is 5.79. The predicted molar refractivity (Wildman–Crippen MR) is 120 cm³/mol. The maximum absolute atomic E-state index is 5.88. The highest BCUT2D eigenvalue weighted by Crippen LogP contribution is 2.13. The fourth-order valence-electron chi connectivity index (χ4n) is 2.97. The number of nitrogens with one attached hydrogen (secondary N) is 2. The first-order chi connectivity index (χ1) is 13.8. The van der Waals surface area contributed by atoms with Gasteiger partial charge in [-0.1, -0.05) is 24.3 Å². The van der Waals surface area contributed by atoms with Crippen molar-refractivity contribution < 1.29 is 4.74 Å². The van der Waals surface area contributed by atoms with E-state index in [9.17, 15) is 0 Å². The molecule has 160 valence electrons. The third-order valence-corrected chi connectivity index (χ3v) is 4.37. The van der Waals surface area contributed by atoms with Crippen LogP contribution >= 0.6 is 0 Å². The molecule has 0 saturated heterocycles. The number of rotatable bonds is 9. The molecule has 2 N–H and O–H groups in total.